The lowest BCUT2D eigenvalue weighted by molar-refractivity contribution is 0.142. The van der Waals surface area contributed by atoms with Crippen LogP contribution in [-0.2, 0) is 0 Å². The summed E-state index contributed by atoms with van der Waals surface area (Å²) in [5, 5.41) is 8.13. The number of aromatic nitrogens is 1. The van der Waals surface area contributed by atoms with Gasteiger partial charge in [0, 0.05) is 5.92 Å². The van der Waals surface area contributed by atoms with E-state index in [0.717, 1.165) is 12.8 Å². The van der Waals surface area contributed by atoms with Gasteiger partial charge in [0.1, 0.15) is 5.02 Å². The van der Waals surface area contributed by atoms with E-state index in [0.29, 0.717) is 0 Å². The van der Waals surface area contributed by atoms with E-state index in [2.05, 4.69) is 9.72 Å². The number of pyridine rings is 1. The number of carboxylic acid groups (broad SMARTS) is 1. The molecule has 7 heteroatoms. The highest BCUT2D eigenvalue weighted by molar-refractivity contribution is 6.34. The third-order valence-corrected chi connectivity index (χ3v) is 2.62. The number of ether oxygens (including phenoxy) is 1. The Bertz CT molecular complexity index is 463. The van der Waals surface area contributed by atoms with Gasteiger partial charge in [-0.3, -0.25) is 0 Å². The molecule has 0 spiro atoms. The molecule has 0 amide bonds. The predicted octanol–water partition coefficient (Wildman–Crippen LogP) is 2.39. The van der Waals surface area contributed by atoms with Crippen LogP contribution in [0.25, 0.3) is 0 Å². The number of anilines is 1. The normalized spacial score (nSPS) is 14.9. The highest BCUT2D eigenvalue weighted by atomic mass is 35.5. The minimum atomic E-state index is -1.57. The van der Waals surface area contributed by atoms with Gasteiger partial charge in [0.15, 0.2) is 5.82 Å². The molecular weight excluding hydrogens is 239 g/mol. The van der Waals surface area contributed by atoms with Crippen molar-refractivity contribution in [1.82, 2.24) is 4.98 Å². The van der Waals surface area contributed by atoms with Crippen LogP contribution >= 0.6 is 11.6 Å². The molecule has 1 heterocycles. The fourth-order valence-corrected chi connectivity index (χ4v) is 1.50. The first-order valence-corrected chi connectivity index (χ1v) is 4.93. The highest BCUT2D eigenvalue weighted by Gasteiger charge is 2.31. The molecule has 0 aliphatic heterocycles. The average Bonchev–Trinajstić information content (AvgIpc) is 3.02. The Hall–Kier alpha value is -1.56. The Balaban J connectivity index is 2.48. The summed E-state index contributed by atoms with van der Waals surface area (Å²) in [5.41, 5.74) is 5.20. The quantitative estimate of drug-likeness (QED) is 0.783. The van der Waals surface area contributed by atoms with Crippen molar-refractivity contribution in [2.75, 3.05) is 5.73 Å². The van der Waals surface area contributed by atoms with Crippen molar-refractivity contribution in [3.63, 3.8) is 0 Å². The van der Waals surface area contributed by atoms with Crippen LogP contribution in [0.1, 0.15) is 24.5 Å². The average molecular weight is 247 g/mol. The molecular formula is C9H8ClFN2O3. The molecule has 16 heavy (non-hydrogen) atoms. The molecule has 5 nitrogen and oxygen atoms in total. The monoisotopic (exact) mass is 246 g/mol. The van der Waals surface area contributed by atoms with Crippen molar-refractivity contribution in [3.8, 4) is 5.88 Å². The van der Waals surface area contributed by atoms with Crippen molar-refractivity contribution in [3.05, 3.63) is 16.5 Å². The van der Waals surface area contributed by atoms with Gasteiger partial charge in [-0.25, -0.2) is 14.2 Å². The summed E-state index contributed by atoms with van der Waals surface area (Å²) in [5.74, 6) is -1.07. The molecule has 0 bridgehead atoms. The molecule has 1 aromatic rings. The molecule has 0 saturated heterocycles. The lowest BCUT2D eigenvalue weighted by Gasteiger charge is -2.09. The van der Waals surface area contributed by atoms with Crippen LogP contribution in [0.15, 0.2) is 0 Å². The zero-order valence-electron chi connectivity index (χ0n) is 8.04. The highest BCUT2D eigenvalue weighted by Crippen LogP contribution is 2.44. The first-order chi connectivity index (χ1) is 7.50. The van der Waals surface area contributed by atoms with E-state index >= 15 is 0 Å². The Labute approximate surface area is 95.0 Å². The minimum Gasteiger partial charge on any atom is -0.449 e. The molecule has 1 saturated carbocycles. The van der Waals surface area contributed by atoms with Gasteiger partial charge >= 0.3 is 6.16 Å². The summed E-state index contributed by atoms with van der Waals surface area (Å²) < 4.78 is 17.9. The number of nitrogens with zero attached hydrogens (tertiary/aromatic N) is 1. The summed E-state index contributed by atoms with van der Waals surface area (Å²) in [6, 6.07) is 0. The van der Waals surface area contributed by atoms with Crippen LogP contribution in [0.3, 0.4) is 0 Å². The number of halogens is 2. The van der Waals surface area contributed by atoms with E-state index in [4.69, 9.17) is 22.4 Å². The minimum absolute atomic E-state index is 0.0179. The lowest BCUT2D eigenvalue weighted by atomic mass is 10.2. The van der Waals surface area contributed by atoms with Gasteiger partial charge in [-0.1, -0.05) is 11.6 Å². The van der Waals surface area contributed by atoms with Crippen LogP contribution in [0.2, 0.25) is 5.02 Å². The Morgan fingerprint density at radius 3 is 2.75 bits per heavy atom. The van der Waals surface area contributed by atoms with Gasteiger partial charge in [0.2, 0.25) is 5.88 Å². The first kappa shape index (κ1) is 10.9. The molecule has 1 aromatic heterocycles. The molecule has 2 rings (SSSR count). The summed E-state index contributed by atoms with van der Waals surface area (Å²) in [6.45, 7) is 0. The van der Waals surface area contributed by atoms with Gasteiger partial charge in [-0.15, -0.1) is 0 Å². The molecule has 86 valence electrons. The second kappa shape index (κ2) is 3.79. The molecule has 1 aliphatic rings. The summed E-state index contributed by atoms with van der Waals surface area (Å²) in [4.78, 5) is 14.1. The largest absolute Gasteiger partial charge is 0.512 e. The summed E-state index contributed by atoms with van der Waals surface area (Å²) in [7, 11) is 0. The Morgan fingerprint density at radius 2 is 2.25 bits per heavy atom. The van der Waals surface area contributed by atoms with Crippen molar-refractivity contribution < 1.29 is 19.0 Å². The second-order valence-electron chi connectivity index (χ2n) is 3.49. The first-order valence-electron chi connectivity index (χ1n) is 4.56. The number of hydrogen-bond acceptors (Lipinski definition) is 4. The van der Waals surface area contributed by atoms with Crippen molar-refractivity contribution in [2.45, 2.75) is 18.8 Å². The molecule has 0 unspecified atom stereocenters. The maximum absolute atomic E-state index is 13.6. The van der Waals surface area contributed by atoms with Gasteiger partial charge in [0.05, 0.1) is 11.4 Å². The van der Waals surface area contributed by atoms with Gasteiger partial charge in [0.25, 0.3) is 0 Å². The number of nitrogen functional groups attached to an aromatic ring is 1. The Morgan fingerprint density at radius 1 is 1.62 bits per heavy atom. The second-order valence-corrected chi connectivity index (χ2v) is 3.86. The van der Waals surface area contributed by atoms with Crippen LogP contribution in [0, 0.1) is 5.82 Å². The van der Waals surface area contributed by atoms with E-state index in [1.54, 1.807) is 0 Å². The van der Waals surface area contributed by atoms with E-state index in [-0.39, 0.29) is 28.2 Å². The van der Waals surface area contributed by atoms with Crippen molar-refractivity contribution >= 4 is 23.4 Å². The molecule has 0 radical (unpaired) electrons. The fraction of sp³-hybridized carbons (Fsp3) is 0.333. The molecule has 1 fully saturated rings. The van der Waals surface area contributed by atoms with Crippen LogP contribution < -0.4 is 10.5 Å². The lowest BCUT2D eigenvalue weighted by Crippen LogP contribution is -2.09. The van der Waals surface area contributed by atoms with Gasteiger partial charge < -0.3 is 15.6 Å². The van der Waals surface area contributed by atoms with E-state index in [1.165, 1.54) is 0 Å². The SMILES string of the molecule is Nc1c(F)c(C2CC2)nc(OC(=O)O)c1Cl. The predicted molar refractivity (Wildman–Crippen MR) is 54.2 cm³/mol. The van der Waals surface area contributed by atoms with Crippen molar-refractivity contribution in [2.24, 2.45) is 0 Å². The zero-order valence-corrected chi connectivity index (χ0v) is 8.79. The third-order valence-electron chi connectivity index (χ3n) is 2.26. The summed E-state index contributed by atoms with van der Waals surface area (Å²) >= 11 is 5.62. The molecule has 0 aromatic carbocycles. The van der Waals surface area contributed by atoms with E-state index in [9.17, 15) is 9.18 Å². The summed E-state index contributed by atoms with van der Waals surface area (Å²) in [6.07, 6.45) is 0.0387. The zero-order chi connectivity index (χ0) is 11.9. The number of hydrogen-bond donors (Lipinski definition) is 2. The van der Waals surface area contributed by atoms with Crippen LogP contribution in [-0.4, -0.2) is 16.2 Å². The third kappa shape index (κ3) is 1.88. The number of rotatable bonds is 2. The van der Waals surface area contributed by atoms with Gasteiger partial charge in [-0.05, 0) is 12.8 Å². The smallest absolute Gasteiger partial charge is 0.449 e. The Kier molecular flexibility index (Phi) is 2.59. The van der Waals surface area contributed by atoms with Gasteiger partial charge in [-0.2, -0.15) is 0 Å². The fourth-order valence-electron chi connectivity index (χ4n) is 1.33. The number of carbonyl (C=O) groups is 1. The van der Waals surface area contributed by atoms with Crippen LogP contribution in [0.4, 0.5) is 14.9 Å². The van der Waals surface area contributed by atoms with Crippen molar-refractivity contribution in [1.29, 1.82) is 0 Å². The number of nitrogens with two attached hydrogens (primary N) is 1. The van der Waals surface area contributed by atoms with Crippen LogP contribution in [0.5, 0.6) is 5.88 Å². The molecule has 3 N–H and O–H groups in total. The maximum Gasteiger partial charge on any atom is 0.512 e. The van der Waals surface area contributed by atoms with E-state index < -0.39 is 12.0 Å². The van der Waals surface area contributed by atoms with E-state index in [1.807, 2.05) is 0 Å². The molecule has 0 atom stereocenters. The standard InChI is InChI=1S/C9H8ClFN2O3/c10-4-6(12)5(11)7(3-1-2-3)13-8(4)16-9(14)15/h3H,1-2H2,(H2,12,13)(H,14,15). The molecule has 1 aliphatic carbocycles. The maximum atomic E-state index is 13.6. The topological polar surface area (TPSA) is 85.4 Å².